The van der Waals surface area contributed by atoms with E-state index in [-0.39, 0.29) is 16.8 Å². The minimum absolute atomic E-state index is 0.0247. The first-order valence-corrected chi connectivity index (χ1v) is 12.3. The largest absolute Gasteiger partial charge is 0.495 e. The Kier molecular flexibility index (Phi) is 6.48. The highest BCUT2D eigenvalue weighted by Crippen LogP contribution is 2.27. The van der Waals surface area contributed by atoms with Crippen molar-refractivity contribution < 1.29 is 17.9 Å². The van der Waals surface area contributed by atoms with Gasteiger partial charge >= 0.3 is 0 Å². The summed E-state index contributed by atoms with van der Waals surface area (Å²) in [5.74, 6) is 0.416. The molecular weight excluding hydrogens is 414 g/mol. The number of sulfonamides is 1. The highest BCUT2D eigenvalue weighted by molar-refractivity contribution is 7.92. The van der Waals surface area contributed by atoms with E-state index in [9.17, 15) is 13.2 Å². The van der Waals surface area contributed by atoms with Gasteiger partial charge in [0.2, 0.25) is 0 Å². The SMILES string of the molecule is COc1ccccc1NS(=O)(=O)c1ccc(C(=O)N2CCCC2CN2CCCC2)cc1. The molecule has 8 heteroatoms. The van der Waals surface area contributed by atoms with Crippen molar-refractivity contribution in [2.45, 2.75) is 36.6 Å². The number of anilines is 1. The zero-order valence-corrected chi connectivity index (χ0v) is 18.6. The van der Waals surface area contributed by atoms with E-state index in [2.05, 4.69) is 9.62 Å². The molecular formula is C23H29N3O4S. The molecule has 1 N–H and O–H groups in total. The maximum atomic E-state index is 13.1. The molecule has 0 bridgehead atoms. The van der Waals surface area contributed by atoms with Crippen molar-refractivity contribution in [1.82, 2.24) is 9.80 Å². The topological polar surface area (TPSA) is 78.9 Å². The first-order valence-electron chi connectivity index (χ1n) is 10.8. The Morgan fingerprint density at radius 1 is 1.03 bits per heavy atom. The maximum absolute atomic E-state index is 13.1. The molecule has 2 aliphatic heterocycles. The van der Waals surface area contributed by atoms with Crippen molar-refractivity contribution >= 4 is 21.6 Å². The highest BCUT2D eigenvalue weighted by atomic mass is 32.2. The van der Waals surface area contributed by atoms with Gasteiger partial charge in [-0.1, -0.05) is 12.1 Å². The molecule has 2 aromatic rings. The summed E-state index contributed by atoms with van der Waals surface area (Å²) in [6, 6.07) is 13.2. The van der Waals surface area contributed by atoms with Gasteiger partial charge in [-0.2, -0.15) is 0 Å². The Morgan fingerprint density at radius 3 is 2.45 bits per heavy atom. The predicted octanol–water partition coefficient (Wildman–Crippen LogP) is 3.20. The third-order valence-electron chi connectivity index (χ3n) is 6.07. The van der Waals surface area contributed by atoms with Crippen LogP contribution in [0.25, 0.3) is 0 Å². The van der Waals surface area contributed by atoms with E-state index >= 15 is 0 Å². The monoisotopic (exact) mass is 443 g/mol. The van der Waals surface area contributed by atoms with Gasteiger partial charge in [0, 0.05) is 24.7 Å². The highest BCUT2D eigenvalue weighted by Gasteiger charge is 2.31. The van der Waals surface area contributed by atoms with Gasteiger partial charge in [-0.3, -0.25) is 9.52 Å². The molecule has 1 atom stereocenters. The second-order valence-electron chi connectivity index (χ2n) is 8.13. The fourth-order valence-electron chi connectivity index (χ4n) is 4.43. The Labute approximate surface area is 184 Å². The van der Waals surface area contributed by atoms with Crippen LogP contribution in [-0.2, 0) is 10.0 Å². The number of hydrogen-bond acceptors (Lipinski definition) is 5. The van der Waals surface area contributed by atoms with Crippen LogP contribution in [0.15, 0.2) is 53.4 Å². The minimum atomic E-state index is -3.80. The van der Waals surface area contributed by atoms with E-state index < -0.39 is 10.0 Å². The smallest absolute Gasteiger partial charge is 0.262 e. The molecule has 0 aromatic heterocycles. The number of ether oxygens (including phenoxy) is 1. The molecule has 1 amide bonds. The zero-order valence-electron chi connectivity index (χ0n) is 17.8. The molecule has 2 fully saturated rings. The van der Waals surface area contributed by atoms with Crippen LogP contribution < -0.4 is 9.46 Å². The minimum Gasteiger partial charge on any atom is -0.495 e. The molecule has 2 aromatic carbocycles. The van der Waals surface area contributed by atoms with Crippen molar-refractivity contribution in [1.29, 1.82) is 0 Å². The number of carbonyl (C=O) groups excluding carboxylic acids is 1. The van der Waals surface area contributed by atoms with Crippen LogP contribution in [0.1, 0.15) is 36.0 Å². The average Bonchev–Trinajstić information content (AvgIpc) is 3.46. The standard InChI is InChI=1S/C23H29N3O4S/c1-30-22-9-3-2-8-21(22)24-31(28,29)20-12-10-18(11-13-20)23(27)26-16-6-7-19(26)17-25-14-4-5-15-25/h2-3,8-13,19,24H,4-7,14-17H2,1H3. The Balaban J connectivity index is 1.46. The van der Waals surface area contributed by atoms with Crippen molar-refractivity contribution in [2.24, 2.45) is 0 Å². The summed E-state index contributed by atoms with van der Waals surface area (Å²) in [4.78, 5) is 17.6. The molecule has 0 radical (unpaired) electrons. The summed E-state index contributed by atoms with van der Waals surface area (Å²) < 4.78 is 33.3. The molecule has 1 unspecified atom stereocenters. The molecule has 2 aliphatic rings. The molecule has 166 valence electrons. The van der Waals surface area contributed by atoms with Crippen LogP contribution in [0.3, 0.4) is 0 Å². The number of carbonyl (C=O) groups is 1. The number of hydrogen-bond donors (Lipinski definition) is 1. The van der Waals surface area contributed by atoms with Gasteiger partial charge in [0.05, 0.1) is 17.7 Å². The summed E-state index contributed by atoms with van der Waals surface area (Å²) in [5, 5.41) is 0. The quantitative estimate of drug-likeness (QED) is 0.711. The average molecular weight is 444 g/mol. The number of rotatable bonds is 7. The Morgan fingerprint density at radius 2 is 1.74 bits per heavy atom. The molecule has 0 aliphatic carbocycles. The Hall–Kier alpha value is -2.58. The van der Waals surface area contributed by atoms with Crippen molar-refractivity contribution in [3.63, 3.8) is 0 Å². The van der Waals surface area contributed by atoms with Crippen LogP contribution in [0.5, 0.6) is 5.75 Å². The van der Waals surface area contributed by atoms with Gasteiger partial charge in [-0.15, -0.1) is 0 Å². The van der Waals surface area contributed by atoms with Gasteiger partial charge < -0.3 is 14.5 Å². The van der Waals surface area contributed by atoms with E-state index in [0.717, 1.165) is 39.0 Å². The lowest BCUT2D eigenvalue weighted by Crippen LogP contribution is -2.42. The number of nitrogens with one attached hydrogen (secondary N) is 1. The summed E-state index contributed by atoms with van der Waals surface area (Å²) in [6.07, 6.45) is 4.51. The van der Waals surface area contributed by atoms with Gasteiger partial charge in [0.25, 0.3) is 15.9 Å². The third kappa shape index (κ3) is 4.85. The fraction of sp³-hybridized carbons (Fsp3) is 0.435. The first-order chi connectivity index (χ1) is 15.0. The van der Waals surface area contributed by atoms with E-state index in [4.69, 9.17) is 4.74 Å². The number of likely N-dealkylation sites (tertiary alicyclic amines) is 2. The second-order valence-corrected chi connectivity index (χ2v) is 9.81. The van der Waals surface area contributed by atoms with Gasteiger partial charge in [0.1, 0.15) is 5.75 Å². The van der Waals surface area contributed by atoms with Crippen LogP contribution in [-0.4, -0.2) is 63.5 Å². The van der Waals surface area contributed by atoms with Gasteiger partial charge in [-0.05, 0) is 75.2 Å². The van der Waals surface area contributed by atoms with Crippen LogP contribution in [0.4, 0.5) is 5.69 Å². The summed E-state index contributed by atoms with van der Waals surface area (Å²) >= 11 is 0. The normalized spacial score (nSPS) is 19.5. The molecule has 2 heterocycles. The molecule has 0 spiro atoms. The summed E-state index contributed by atoms with van der Waals surface area (Å²) in [5.41, 5.74) is 0.886. The molecule has 2 saturated heterocycles. The lowest BCUT2D eigenvalue weighted by atomic mass is 10.1. The van der Waals surface area contributed by atoms with Gasteiger partial charge in [-0.25, -0.2) is 8.42 Å². The third-order valence-corrected chi connectivity index (χ3v) is 7.45. The van der Waals surface area contributed by atoms with Crippen LogP contribution in [0.2, 0.25) is 0 Å². The van der Waals surface area contributed by atoms with Crippen LogP contribution in [0, 0.1) is 0 Å². The van der Waals surface area contributed by atoms with Crippen LogP contribution >= 0.6 is 0 Å². The van der Waals surface area contributed by atoms with Crippen molar-refractivity contribution in [3.05, 3.63) is 54.1 Å². The number of benzene rings is 2. The fourth-order valence-corrected chi connectivity index (χ4v) is 5.50. The molecule has 0 saturated carbocycles. The van der Waals surface area contributed by atoms with Crippen molar-refractivity contribution in [3.8, 4) is 5.75 Å². The number of methoxy groups -OCH3 is 1. The zero-order chi connectivity index (χ0) is 21.8. The lowest BCUT2D eigenvalue weighted by molar-refractivity contribution is 0.0708. The van der Waals surface area contributed by atoms with E-state index in [0.29, 0.717) is 17.0 Å². The van der Waals surface area contributed by atoms with E-state index in [1.807, 2.05) is 4.90 Å². The second kappa shape index (κ2) is 9.28. The van der Waals surface area contributed by atoms with E-state index in [1.165, 1.54) is 32.1 Å². The lowest BCUT2D eigenvalue weighted by Gasteiger charge is -2.28. The number of nitrogens with zero attached hydrogens (tertiary/aromatic N) is 2. The molecule has 4 rings (SSSR count). The molecule has 7 nitrogen and oxygen atoms in total. The number of amides is 1. The van der Waals surface area contributed by atoms with Gasteiger partial charge in [0.15, 0.2) is 0 Å². The first kappa shape index (κ1) is 21.6. The maximum Gasteiger partial charge on any atom is 0.262 e. The van der Waals surface area contributed by atoms with E-state index in [1.54, 1.807) is 36.4 Å². The Bertz CT molecular complexity index is 1020. The van der Waals surface area contributed by atoms with Crippen molar-refractivity contribution in [2.75, 3.05) is 38.0 Å². The summed E-state index contributed by atoms with van der Waals surface area (Å²) in [6.45, 7) is 3.92. The predicted molar refractivity (Wildman–Crippen MR) is 120 cm³/mol. The molecule has 31 heavy (non-hydrogen) atoms. The number of para-hydroxylation sites is 2. The summed E-state index contributed by atoms with van der Waals surface area (Å²) in [7, 11) is -2.31.